The van der Waals surface area contributed by atoms with E-state index in [1.165, 1.54) is 30.4 Å². The largest absolute Gasteiger partial charge is 0.496 e. The van der Waals surface area contributed by atoms with Gasteiger partial charge in [0.05, 0.1) is 7.11 Å². The molecule has 1 fully saturated rings. The molecule has 2 heteroatoms. The van der Waals surface area contributed by atoms with Crippen molar-refractivity contribution in [2.45, 2.75) is 45.7 Å². The summed E-state index contributed by atoms with van der Waals surface area (Å²) in [5.74, 6) is 1.87. The SMILES string of the molecule is COc1ccc(CNC2CCC(C)C2)cc1C. The van der Waals surface area contributed by atoms with Gasteiger partial charge in [-0.1, -0.05) is 19.1 Å². The van der Waals surface area contributed by atoms with E-state index in [1.54, 1.807) is 7.11 Å². The lowest BCUT2D eigenvalue weighted by molar-refractivity contribution is 0.411. The number of ether oxygens (including phenoxy) is 1. The van der Waals surface area contributed by atoms with Crippen LogP contribution in [0.3, 0.4) is 0 Å². The van der Waals surface area contributed by atoms with Crippen LogP contribution < -0.4 is 10.1 Å². The lowest BCUT2D eigenvalue weighted by atomic mass is 10.1. The van der Waals surface area contributed by atoms with Crippen molar-refractivity contribution in [2.24, 2.45) is 5.92 Å². The molecule has 17 heavy (non-hydrogen) atoms. The Kier molecular flexibility index (Phi) is 4.06. The van der Waals surface area contributed by atoms with Gasteiger partial charge in [-0.05, 0) is 49.3 Å². The molecule has 2 unspecified atom stereocenters. The molecule has 1 aromatic carbocycles. The van der Waals surface area contributed by atoms with E-state index in [4.69, 9.17) is 4.74 Å². The van der Waals surface area contributed by atoms with Gasteiger partial charge in [0, 0.05) is 12.6 Å². The number of aryl methyl sites for hydroxylation is 1. The highest BCUT2D eigenvalue weighted by Gasteiger charge is 2.20. The quantitative estimate of drug-likeness (QED) is 0.861. The molecule has 2 atom stereocenters. The van der Waals surface area contributed by atoms with E-state index in [9.17, 15) is 0 Å². The first-order chi connectivity index (χ1) is 8.19. The molecule has 1 aromatic rings. The number of nitrogens with one attached hydrogen (secondary N) is 1. The first-order valence-electron chi connectivity index (χ1n) is 6.56. The van der Waals surface area contributed by atoms with Crippen LogP contribution in [-0.4, -0.2) is 13.2 Å². The predicted octanol–water partition coefficient (Wildman–Crippen LogP) is 3.28. The fourth-order valence-electron chi connectivity index (χ4n) is 2.71. The summed E-state index contributed by atoms with van der Waals surface area (Å²) < 4.78 is 5.27. The first-order valence-corrected chi connectivity index (χ1v) is 6.56. The molecule has 0 aromatic heterocycles. The molecule has 94 valence electrons. The third-order valence-corrected chi connectivity index (χ3v) is 3.75. The van der Waals surface area contributed by atoms with Gasteiger partial charge in [-0.2, -0.15) is 0 Å². The molecular weight excluding hydrogens is 210 g/mol. The average molecular weight is 233 g/mol. The minimum absolute atomic E-state index is 0.715. The normalized spacial score (nSPS) is 23.9. The van der Waals surface area contributed by atoms with Crippen molar-refractivity contribution in [3.8, 4) is 5.75 Å². The summed E-state index contributed by atoms with van der Waals surface area (Å²) in [6, 6.07) is 7.14. The van der Waals surface area contributed by atoms with E-state index < -0.39 is 0 Å². The maximum Gasteiger partial charge on any atom is 0.121 e. The zero-order valence-corrected chi connectivity index (χ0v) is 11.1. The molecule has 1 saturated carbocycles. The van der Waals surface area contributed by atoms with Crippen molar-refractivity contribution in [3.05, 3.63) is 29.3 Å². The van der Waals surface area contributed by atoms with Gasteiger partial charge >= 0.3 is 0 Å². The molecule has 2 rings (SSSR count). The first kappa shape index (κ1) is 12.4. The Bertz CT molecular complexity index is 375. The van der Waals surface area contributed by atoms with Crippen LogP contribution >= 0.6 is 0 Å². The monoisotopic (exact) mass is 233 g/mol. The number of rotatable bonds is 4. The van der Waals surface area contributed by atoms with Gasteiger partial charge in [-0.25, -0.2) is 0 Å². The highest BCUT2D eigenvalue weighted by atomic mass is 16.5. The third-order valence-electron chi connectivity index (χ3n) is 3.75. The zero-order valence-electron chi connectivity index (χ0n) is 11.1. The molecule has 1 aliphatic rings. The number of benzene rings is 1. The van der Waals surface area contributed by atoms with Gasteiger partial charge in [0.25, 0.3) is 0 Å². The van der Waals surface area contributed by atoms with E-state index in [1.807, 2.05) is 0 Å². The van der Waals surface area contributed by atoms with Gasteiger partial charge < -0.3 is 10.1 Å². The molecule has 0 saturated heterocycles. The molecule has 0 radical (unpaired) electrons. The second-order valence-electron chi connectivity index (χ2n) is 5.30. The molecule has 1 aliphatic carbocycles. The molecule has 0 heterocycles. The maximum atomic E-state index is 5.27. The topological polar surface area (TPSA) is 21.3 Å². The molecule has 0 spiro atoms. The lowest BCUT2D eigenvalue weighted by Gasteiger charge is -2.13. The standard InChI is InChI=1S/C15H23NO/c1-11-4-6-14(8-11)16-10-13-5-7-15(17-3)12(2)9-13/h5,7,9,11,14,16H,4,6,8,10H2,1-3H3. The Morgan fingerprint density at radius 1 is 1.35 bits per heavy atom. The predicted molar refractivity (Wildman–Crippen MR) is 71.4 cm³/mol. The van der Waals surface area contributed by atoms with E-state index in [2.05, 4.69) is 37.4 Å². The minimum atomic E-state index is 0.715. The minimum Gasteiger partial charge on any atom is -0.496 e. The van der Waals surface area contributed by atoms with Crippen LogP contribution in [0.2, 0.25) is 0 Å². The third kappa shape index (κ3) is 3.22. The number of methoxy groups -OCH3 is 1. The van der Waals surface area contributed by atoms with Crippen LogP contribution in [0.4, 0.5) is 0 Å². The smallest absolute Gasteiger partial charge is 0.121 e. The van der Waals surface area contributed by atoms with Gasteiger partial charge in [0.15, 0.2) is 0 Å². The van der Waals surface area contributed by atoms with Gasteiger partial charge in [0.1, 0.15) is 5.75 Å². The van der Waals surface area contributed by atoms with E-state index >= 15 is 0 Å². The van der Waals surface area contributed by atoms with Gasteiger partial charge in [-0.15, -0.1) is 0 Å². The van der Waals surface area contributed by atoms with Crippen LogP contribution in [0.15, 0.2) is 18.2 Å². The second-order valence-corrected chi connectivity index (χ2v) is 5.30. The highest BCUT2D eigenvalue weighted by Crippen LogP contribution is 2.25. The van der Waals surface area contributed by atoms with Crippen molar-refractivity contribution in [3.63, 3.8) is 0 Å². The fourth-order valence-corrected chi connectivity index (χ4v) is 2.71. The Labute approximate surface area is 104 Å². The molecule has 0 amide bonds. The molecule has 2 nitrogen and oxygen atoms in total. The summed E-state index contributed by atoms with van der Waals surface area (Å²) in [7, 11) is 1.72. The van der Waals surface area contributed by atoms with Crippen molar-refractivity contribution >= 4 is 0 Å². The summed E-state index contributed by atoms with van der Waals surface area (Å²) in [5, 5.41) is 3.65. The summed E-state index contributed by atoms with van der Waals surface area (Å²) in [6.45, 7) is 5.42. The van der Waals surface area contributed by atoms with Crippen LogP contribution in [0.5, 0.6) is 5.75 Å². The summed E-state index contributed by atoms with van der Waals surface area (Å²) >= 11 is 0. The maximum absolute atomic E-state index is 5.27. The van der Waals surface area contributed by atoms with Crippen LogP contribution in [0.1, 0.15) is 37.3 Å². The molecule has 1 N–H and O–H groups in total. The van der Waals surface area contributed by atoms with Crippen LogP contribution in [-0.2, 0) is 6.54 Å². The van der Waals surface area contributed by atoms with Crippen molar-refractivity contribution in [1.29, 1.82) is 0 Å². The zero-order chi connectivity index (χ0) is 12.3. The Morgan fingerprint density at radius 3 is 2.76 bits per heavy atom. The Morgan fingerprint density at radius 2 is 2.18 bits per heavy atom. The van der Waals surface area contributed by atoms with Crippen molar-refractivity contribution in [2.75, 3.05) is 7.11 Å². The van der Waals surface area contributed by atoms with Gasteiger partial charge in [0.2, 0.25) is 0 Å². The highest BCUT2D eigenvalue weighted by molar-refractivity contribution is 5.36. The van der Waals surface area contributed by atoms with E-state index in [-0.39, 0.29) is 0 Å². The Balaban J connectivity index is 1.88. The fraction of sp³-hybridized carbons (Fsp3) is 0.600. The molecule has 0 aliphatic heterocycles. The molecule has 0 bridgehead atoms. The van der Waals surface area contributed by atoms with Crippen LogP contribution in [0.25, 0.3) is 0 Å². The van der Waals surface area contributed by atoms with Crippen molar-refractivity contribution < 1.29 is 4.74 Å². The van der Waals surface area contributed by atoms with E-state index in [0.29, 0.717) is 6.04 Å². The number of hydrogen-bond donors (Lipinski definition) is 1. The van der Waals surface area contributed by atoms with Gasteiger partial charge in [-0.3, -0.25) is 0 Å². The summed E-state index contributed by atoms with van der Waals surface area (Å²) in [6.07, 6.45) is 4.03. The Hall–Kier alpha value is -1.02. The summed E-state index contributed by atoms with van der Waals surface area (Å²) in [4.78, 5) is 0. The lowest BCUT2D eigenvalue weighted by Crippen LogP contribution is -2.25. The van der Waals surface area contributed by atoms with Crippen LogP contribution in [0, 0.1) is 12.8 Å². The van der Waals surface area contributed by atoms with E-state index in [0.717, 1.165) is 18.2 Å². The number of hydrogen-bond acceptors (Lipinski definition) is 2. The molecular formula is C15H23NO. The second kappa shape index (κ2) is 5.54. The summed E-state index contributed by atoms with van der Waals surface area (Å²) in [5.41, 5.74) is 2.56. The average Bonchev–Trinajstić information content (AvgIpc) is 2.73. The van der Waals surface area contributed by atoms with Crippen molar-refractivity contribution in [1.82, 2.24) is 5.32 Å².